The Morgan fingerprint density at radius 3 is 3.00 bits per heavy atom. The maximum Gasteiger partial charge on any atom is 0.270 e. The number of carbonyl (C=O) groups is 1. The summed E-state index contributed by atoms with van der Waals surface area (Å²) in [6.45, 7) is 0.133. The molecule has 0 aliphatic heterocycles. The second kappa shape index (κ2) is 4.43. The maximum atomic E-state index is 12.5. The predicted octanol–water partition coefficient (Wildman–Crippen LogP) is -0.336. The number of tetrazole rings is 1. The molecule has 8 heteroatoms. The number of carbonyl (C=O) groups excluding carboxylic acids is 1. The van der Waals surface area contributed by atoms with Crippen molar-refractivity contribution in [3.63, 3.8) is 0 Å². The Morgan fingerprint density at radius 2 is 2.38 bits per heavy atom. The molecule has 0 spiro atoms. The molecule has 0 bridgehead atoms. The topological polar surface area (TPSA) is 96.5 Å². The van der Waals surface area contributed by atoms with Crippen molar-refractivity contribution in [2.75, 3.05) is 0 Å². The van der Waals surface area contributed by atoms with E-state index in [1.165, 1.54) is 6.07 Å². The van der Waals surface area contributed by atoms with Crippen LogP contribution in [0.15, 0.2) is 18.3 Å². The van der Waals surface area contributed by atoms with Crippen LogP contribution in [0.2, 0.25) is 0 Å². The number of nitrogens with zero attached hydrogens (tertiary/aromatic N) is 4. The fourth-order valence-electron chi connectivity index (χ4n) is 1.02. The Hall–Kier alpha value is -2.38. The van der Waals surface area contributed by atoms with Gasteiger partial charge in [-0.3, -0.25) is 4.79 Å². The van der Waals surface area contributed by atoms with E-state index < -0.39 is 11.7 Å². The lowest BCUT2D eigenvalue weighted by molar-refractivity contribution is 0.0945. The van der Waals surface area contributed by atoms with Gasteiger partial charge in [-0.1, -0.05) is 5.21 Å². The first-order valence-electron chi connectivity index (χ1n) is 4.38. The normalized spacial score (nSPS) is 10.1. The van der Waals surface area contributed by atoms with E-state index in [-0.39, 0.29) is 12.2 Å². The Morgan fingerprint density at radius 1 is 1.50 bits per heavy atom. The molecule has 0 aliphatic carbocycles. The lowest BCUT2D eigenvalue weighted by atomic mass is 10.3. The van der Waals surface area contributed by atoms with Crippen LogP contribution in [0.1, 0.15) is 16.3 Å². The average molecular weight is 222 g/mol. The molecule has 2 N–H and O–H groups in total. The minimum atomic E-state index is -0.491. The summed E-state index contributed by atoms with van der Waals surface area (Å²) >= 11 is 0. The van der Waals surface area contributed by atoms with Crippen LogP contribution in [0.4, 0.5) is 4.39 Å². The lowest BCUT2D eigenvalue weighted by Gasteiger charge is -2.00. The fraction of sp³-hybridized carbons (Fsp3) is 0.125. The molecule has 2 rings (SSSR count). The molecular formula is C8H7FN6O. The monoisotopic (exact) mass is 222 g/mol. The number of halogens is 1. The number of nitrogens with one attached hydrogen (secondary N) is 2. The van der Waals surface area contributed by atoms with E-state index in [1.54, 1.807) is 0 Å². The zero-order chi connectivity index (χ0) is 11.4. The van der Waals surface area contributed by atoms with Crippen molar-refractivity contribution >= 4 is 5.91 Å². The molecule has 0 atom stereocenters. The van der Waals surface area contributed by atoms with Crippen molar-refractivity contribution in [1.82, 2.24) is 30.9 Å². The molecule has 7 nitrogen and oxygen atoms in total. The molecule has 2 aromatic rings. The van der Waals surface area contributed by atoms with Gasteiger partial charge in [0.15, 0.2) is 5.82 Å². The van der Waals surface area contributed by atoms with E-state index in [1.807, 2.05) is 0 Å². The Labute approximate surface area is 89.1 Å². The van der Waals surface area contributed by atoms with Gasteiger partial charge in [0.05, 0.1) is 12.7 Å². The molecule has 0 saturated heterocycles. The third-order valence-corrected chi connectivity index (χ3v) is 1.76. The van der Waals surface area contributed by atoms with Crippen LogP contribution in [0.3, 0.4) is 0 Å². The molecule has 2 aromatic heterocycles. The number of rotatable bonds is 3. The summed E-state index contributed by atoms with van der Waals surface area (Å²) in [6.07, 6.45) is 0.975. The molecule has 2 heterocycles. The summed E-state index contributed by atoms with van der Waals surface area (Å²) in [5.41, 5.74) is 0.130. The van der Waals surface area contributed by atoms with Crippen LogP contribution >= 0.6 is 0 Å². The first kappa shape index (κ1) is 10.1. The minimum Gasteiger partial charge on any atom is -0.343 e. The van der Waals surface area contributed by atoms with Crippen molar-refractivity contribution in [2.45, 2.75) is 6.54 Å². The zero-order valence-electron chi connectivity index (χ0n) is 8.01. The van der Waals surface area contributed by atoms with E-state index in [0.717, 1.165) is 12.3 Å². The van der Waals surface area contributed by atoms with Gasteiger partial charge in [-0.2, -0.15) is 5.21 Å². The van der Waals surface area contributed by atoms with Crippen molar-refractivity contribution in [2.24, 2.45) is 0 Å². The predicted molar refractivity (Wildman–Crippen MR) is 49.5 cm³/mol. The number of aromatic amines is 1. The van der Waals surface area contributed by atoms with E-state index in [0.29, 0.717) is 5.82 Å². The van der Waals surface area contributed by atoms with Gasteiger partial charge in [0.25, 0.3) is 5.91 Å². The maximum absolute atomic E-state index is 12.5. The molecule has 0 unspecified atom stereocenters. The lowest BCUT2D eigenvalue weighted by Crippen LogP contribution is -2.24. The molecule has 0 fully saturated rings. The highest BCUT2D eigenvalue weighted by atomic mass is 19.1. The van der Waals surface area contributed by atoms with Crippen LogP contribution in [0, 0.1) is 5.82 Å². The van der Waals surface area contributed by atoms with E-state index in [9.17, 15) is 9.18 Å². The van der Waals surface area contributed by atoms with Crippen molar-refractivity contribution in [3.05, 3.63) is 35.7 Å². The zero-order valence-corrected chi connectivity index (χ0v) is 8.01. The third-order valence-electron chi connectivity index (χ3n) is 1.76. The third kappa shape index (κ3) is 2.35. The number of pyridine rings is 1. The molecule has 1 amide bonds. The van der Waals surface area contributed by atoms with Gasteiger partial charge in [-0.05, 0) is 12.1 Å². The molecule has 0 aliphatic rings. The first-order valence-corrected chi connectivity index (χ1v) is 4.38. The number of H-pyrrole nitrogens is 1. The summed E-state index contributed by atoms with van der Waals surface area (Å²) in [4.78, 5) is 15.1. The van der Waals surface area contributed by atoms with Crippen LogP contribution in [-0.2, 0) is 6.54 Å². The number of aromatic nitrogens is 5. The van der Waals surface area contributed by atoms with Gasteiger partial charge in [0, 0.05) is 0 Å². The quantitative estimate of drug-likeness (QED) is 0.740. The molecule has 0 saturated carbocycles. The summed E-state index contributed by atoms with van der Waals surface area (Å²) in [5, 5.41) is 15.4. The Balaban J connectivity index is 1.95. The Bertz CT molecular complexity index is 468. The first-order chi connectivity index (χ1) is 7.75. The number of hydrogen-bond donors (Lipinski definition) is 2. The largest absolute Gasteiger partial charge is 0.343 e. The summed E-state index contributed by atoms with van der Waals surface area (Å²) in [7, 11) is 0. The summed E-state index contributed by atoms with van der Waals surface area (Å²) < 4.78 is 12.5. The van der Waals surface area contributed by atoms with E-state index in [2.05, 4.69) is 30.9 Å². The van der Waals surface area contributed by atoms with Gasteiger partial charge >= 0.3 is 0 Å². The molecule has 16 heavy (non-hydrogen) atoms. The SMILES string of the molecule is O=C(NCc1nn[nH]n1)c1ccc(F)cn1. The number of amides is 1. The van der Waals surface area contributed by atoms with Crippen molar-refractivity contribution < 1.29 is 9.18 Å². The second-order valence-corrected chi connectivity index (χ2v) is 2.87. The van der Waals surface area contributed by atoms with Gasteiger partial charge in [-0.25, -0.2) is 9.37 Å². The van der Waals surface area contributed by atoms with E-state index >= 15 is 0 Å². The Kier molecular flexibility index (Phi) is 2.81. The highest BCUT2D eigenvalue weighted by Crippen LogP contribution is 1.98. The second-order valence-electron chi connectivity index (χ2n) is 2.87. The van der Waals surface area contributed by atoms with Crippen molar-refractivity contribution in [3.8, 4) is 0 Å². The highest BCUT2D eigenvalue weighted by molar-refractivity contribution is 5.92. The number of hydrogen-bond acceptors (Lipinski definition) is 5. The van der Waals surface area contributed by atoms with E-state index in [4.69, 9.17) is 0 Å². The molecular weight excluding hydrogens is 215 g/mol. The molecule has 82 valence electrons. The highest BCUT2D eigenvalue weighted by Gasteiger charge is 2.07. The van der Waals surface area contributed by atoms with Crippen LogP contribution in [-0.4, -0.2) is 31.5 Å². The van der Waals surface area contributed by atoms with Crippen molar-refractivity contribution in [1.29, 1.82) is 0 Å². The van der Waals surface area contributed by atoms with Crippen LogP contribution in [0.5, 0.6) is 0 Å². The molecule has 0 aromatic carbocycles. The average Bonchev–Trinajstić information content (AvgIpc) is 2.80. The summed E-state index contributed by atoms with van der Waals surface area (Å²) in [5.74, 6) is -0.560. The molecule has 0 radical (unpaired) electrons. The van der Waals surface area contributed by atoms with Gasteiger partial charge in [-0.15, -0.1) is 10.2 Å². The fourth-order valence-corrected chi connectivity index (χ4v) is 1.02. The summed E-state index contributed by atoms with van der Waals surface area (Å²) in [6, 6.07) is 2.46. The van der Waals surface area contributed by atoms with Crippen LogP contribution < -0.4 is 5.32 Å². The van der Waals surface area contributed by atoms with Gasteiger partial charge < -0.3 is 5.32 Å². The standard InChI is InChI=1S/C8H7FN6O/c9-5-1-2-6(10-3-5)8(16)11-4-7-12-14-15-13-7/h1-3H,4H2,(H,11,16)(H,12,13,14,15). The van der Waals surface area contributed by atoms with Crippen LogP contribution in [0.25, 0.3) is 0 Å². The smallest absolute Gasteiger partial charge is 0.270 e. The minimum absolute atomic E-state index is 0.130. The van der Waals surface area contributed by atoms with Gasteiger partial charge in [0.2, 0.25) is 0 Å². The van der Waals surface area contributed by atoms with Gasteiger partial charge in [0.1, 0.15) is 11.5 Å².